The van der Waals surface area contributed by atoms with E-state index in [0.29, 0.717) is 0 Å². The van der Waals surface area contributed by atoms with E-state index in [2.05, 4.69) is 34.4 Å². The van der Waals surface area contributed by atoms with Gasteiger partial charge in [-0.1, -0.05) is 5.21 Å². The van der Waals surface area contributed by atoms with Gasteiger partial charge in [0.1, 0.15) is 0 Å². The maximum absolute atomic E-state index is 4.14. The highest BCUT2D eigenvalue weighted by atomic mass is 15.4. The molecule has 1 aromatic heterocycles. The van der Waals surface area contributed by atoms with Crippen LogP contribution in [0.2, 0.25) is 0 Å². The molecule has 90 valence electrons. The summed E-state index contributed by atoms with van der Waals surface area (Å²) in [5.74, 6) is 0. The van der Waals surface area contributed by atoms with Crippen LogP contribution in [0.1, 0.15) is 26.0 Å². The summed E-state index contributed by atoms with van der Waals surface area (Å²) in [4.78, 5) is 2.45. The average molecular weight is 223 g/mol. The van der Waals surface area contributed by atoms with Crippen LogP contribution in [-0.4, -0.2) is 45.1 Å². The molecule has 1 aromatic rings. The highest BCUT2D eigenvalue weighted by molar-refractivity contribution is 4.94. The first-order valence-electron chi connectivity index (χ1n) is 5.88. The van der Waals surface area contributed by atoms with Crippen LogP contribution in [0.3, 0.4) is 0 Å². The molecular formula is C11H21N5. The Kier molecular flexibility index (Phi) is 3.25. The molecular weight excluding hydrogens is 202 g/mol. The number of aromatic nitrogens is 3. The fourth-order valence-electron chi connectivity index (χ4n) is 2.26. The molecule has 2 rings (SSSR count). The monoisotopic (exact) mass is 223 g/mol. The predicted molar refractivity (Wildman–Crippen MR) is 63.0 cm³/mol. The maximum atomic E-state index is 4.14. The lowest BCUT2D eigenvalue weighted by molar-refractivity contribution is 0.221. The van der Waals surface area contributed by atoms with E-state index in [1.165, 1.54) is 6.42 Å². The molecule has 0 spiro atoms. The van der Waals surface area contributed by atoms with Gasteiger partial charge in [0.25, 0.3) is 0 Å². The molecule has 5 heteroatoms. The summed E-state index contributed by atoms with van der Waals surface area (Å²) in [7, 11) is 1.91. The van der Waals surface area contributed by atoms with Gasteiger partial charge in [0.15, 0.2) is 0 Å². The molecule has 0 radical (unpaired) electrons. The Labute approximate surface area is 96.8 Å². The van der Waals surface area contributed by atoms with Gasteiger partial charge in [0.05, 0.1) is 5.69 Å². The van der Waals surface area contributed by atoms with Crippen LogP contribution in [0.15, 0.2) is 6.20 Å². The molecule has 0 bridgehead atoms. The van der Waals surface area contributed by atoms with Crippen LogP contribution < -0.4 is 5.32 Å². The van der Waals surface area contributed by atoms with Crippen molar-refractivity contribution in [3.05, 3.63) is 11.9 Å². The Hall–Kier alpha value is -0.940. The largest absolute Gasteiger partial charge is 0.310 e. The molecule has 0 atom stereocenters. The van der Waals surface area contributed by atoms with Gasteiger partial charge in [0.2, 0.25) is 0 Å². The lowest BCUT2D eigenvalue weighted by Crippen LogP contribution is -2.46. The second-order valence-corrected chi connectivity index (χ2v) is 5.26. The minimum Gasteiger partial charge on any atom is -0.310 e. The normalized spacial score (nSPS) is 21.9. The van der Waals surface area contributed by atoms with Crippen molar-refractivity contribution in [2.75, 3.05) is 19.6 Å². The zero-order chi connectivity index (χ0) is 11.6. The Morgan fingerprint density at radius 2 is 2.31 bits per heavy atom. The average Bonchev–Trinajstić information content (AvgIpc) is 2.49. The highest BCUT2D eigenvalue weighted by Gasteiger charge is 2.24. The number of aryl methyl sites for hydroxylation is 1. The van der Waals surface area contributed by atoms with E-state index in [1.807, 2.05) is 13.2 Å². The van der Waals surface area contributed by atoms with Crippen molar-refractivity contribution in [3.8, 4) is 0 Å². The molecule has 1 fully saturated rings. The second kappa shape index (κ2) is 4.51. The molecule has 0 amide bonds. The zero-order valence-corrected chi connectivity index (χ0v) is 10.4. The Bertz CT molecular complexity index is 344. The summed E-state index contributed by atoms with van der Waals surface area (Å²) in [5.41, 5.74) is 1.25. The third kappa shape index (κ3) is 3.02. The van der Waals surface area contributed by atoms with Crippen molar-refractivity contribution in [1.82, 2.24) is 25.2 Å². The number of hydrogen-bond donors (Lipinski definition) is 1. The molecule has 16 heavy (non-hydrogen) atoms. The van der Waals surface area contributed by atoms with Gasteiger partial charge in [-0.15, -0.1) is 5.10 Å². The SMILES string of the molecule is Cn1cc(CN2CCCNC(C)(C)C2)nn1. The van der Waals surface area contributed by atoms with Gasteiger partial charge in [-0.25, -0.2) is 0 Å². The predicted octanol–water partition coefficient (Wildman–Crippen LogP) is 0.389. The van der Waals surface area contributed by atoms with E-state index in [-0.39, 0.29) is 5.54 Å². The third-order valence-corrected chi connectivity index (χ3v) is 2.91. The molecule has 0 saturated carbocycles. The molecule has 0 unspecified atom stereocenters. The van der Waals surface area contributed by atoms with Gasteiger partial charge in [-0.2, -0.15) is 0 Å². The quantitative estimate of drug-likeness (QED) is 0.788. The van der Waals surface area contributed by atoms with E-state index in [1.54, 1.807) is 4.68 Å². The number of nitrogens with one attached hydrogen (secondary N) is 1. The van der Waals surface area contributed by atoms with E-state index >= 15 is 0 Å². The Balaban J connectivity index is 1.98. The lowest BCUT2D eigenvalue weighted by atomic mass is 10.1. The summed E-state index contributed by atoms with van der Waals surface area (Å²) in [5, 5.41) is 11.7. The zero-order valence-electron chi connectivity index (χ0n) is 10.4. The summed E-state index contributed by atoms with van der Waals surface area (Å²) in [6.45, 7) is 8.70. The smallest absolute Gasteiger partial charge is 0.0967 e. The first-order chi connectivity index (χ1) is 7.55. The minimum atomic E-state index is 0.193. The molecule has 5 nitrogen and oxygen atoms in total. The van der Waals surface area contributed by atoms with Gasteiger partial charge >= 0.3 is 0 Å². The summed E-state index contributed by atoms with van der Waals surface area (Å²) in [6, 6.07) is 0. The van der Waals surface area contributed by atoms with Crippen LogP contribution in [0.4, 0.5) is 0 Å². The van der Waals surface area contributed by atoms with Crippen molar-refractivity contribution in [2.24, 2.45) is 7.05 Å². The van der Waals surface area contributed by atoms with Gasteiger partial charge in [-0.05, 0) is 33.4 Å². The summed E-state index contributed by atoms with van der Waals surface area (Å²) in [6.07, 6.45) is 3.19. The molecule has 1 N–H and O–H groups in total. The lowest BCUT2D eigenvalue weighted by Gasteiger charge is -2.29. The second-order valence-electron chi connectivity index (χ2n) is 5.26. The molecule has 1 aliphatic rings. The number of hydrogen-bond acceptors (Lipinski definition) is 4. The fraction of sp³-hybridized carbons (Fsp3) is 0.818. The van der Waals surface area contributed by atoms with Crippen molar-refractivity contribution < 1.29 is 0 Å². The van der Waals surface area contributed by atoms with Crippen LogP contribution in [-0.2, 0) is 13.6 Å². The van der Waals surface area contributed by atoms with Crippen molar-refractivity contribution >= 4 is 0 Å². The topological polar surface area (TPSA) is 46.0 Å². The van der Waals surface area contributed by atoms with Gasteiger partial charge in [0, 0.05) is 31.9 Å². The van der Waals surface area contributed by atoms with Crippen molar-refractivity contribution in [2.45, 2.75) is 32.4 Å². The van der Waals surface area contributed by atoms with E-state index in [0.717, 1.165) is 31.9 Å². The van der Waals surface area contributed by atoms with Crippen LogP contribution in [0.25, 0.3) is 0 Å². The highest BCUT2D eigenvalue weighted by Crippen LogP contribution is 2.12. The Morgan fingerprint density at radius 3 is 3.00 bits per heavy atom. The van der Waals surface area contributed by atoms with E-state index in [4.69, 9.17) is 0 Å². The van der Waals surface area contributed by atoms with Crippen LogP contribution >= 0.6 is 0 Å². The molecule has 0 aromatic carbocycles. The van der Waals surface area contributed by atoms with Crippen molar-refractivity contribution in [1.29, 1.82) is 0 Å². The Morgan fingerprint density at radius 1 is 1.50 bits per heavy atom. The van der Waals surface area contributed by atoms with Crippen LogP contribution in [0, 0.1) is 0 Å². The summed E-state index contributed by atoms with van der Waals surface area (Å²) >= 11 is 0. The maximum Gasteiger partial charge on any atom is 0.0967 e. The van der Waals surface area contributed by atoms with Gasteiger partial charge < -0.3 is 5.32 Å². The first-order valence-corrected chi connectivity index (χ1v) is 5.88. The third-order valence-electron chi connectivity index (χ3n) is 2.91. The fourth-order valence-corrected chi connectivity index (χ4v) is 2.26. The number of nitrogens with zero attached hydrogens (tertiary/aromatic N) is 4. The van der Waals surface area contributed by atoms with Crippen molar-refractivity contribution in [3.63, 3.8) is 0 Å². The van der Waals surface area contributed by atoms with Gasteiger partial charge in [-0.3, -0.25) is 9.58 Å². The minimum absolute atomic E-state index is 0.193. The van der Waals surface area contributed by atoms with E-state index in [9.17, 15) is 0 Å². The van der Waals surface area contributed by atoms with Crippen LogP contribution in [0.5, 0.6) is 0 Å². The molecule has 0 aliphatic carbocycles. The summed E-state index contributed by atoms with van der Waals surface area (Å²) < 4.78 is 1.76. The van der Waals surface area contributed by atoms with E-state index < -0.39 is 0 Å². The number of rotatable bonds is 2. The first kappa shape index (κ1) is 11.5. The molecule has 1 saturated heterocycles. The standard InChI is InChI=1S/C11H21N5/c1-11(2)9-16(6-4-5-12-11)8-10-7-15(3)14-13-10/h7,12H,4-6,8-9H2,1-3H3. The molecule has 2 heterocycles. The molecule has 1 aliphatic heterocycles.